The van der Waals surface area contributed by atoms with Gasteiger partial charge >= 0.3 is 5.97 Å². The van der Waals surface area contributed by atoms with Crippen LogP contribution in [0.15, 0.2) is 18.3 Å². The smallest absolute Gasteiger partial charge is 0.317 e. The van der Waals surface area contributed by atoms with Gasteiger partial charge in [0.05, 0.1) is 12.1 Å². The lowest BCUT2D eigenvalue weighted by Gasteiger charge is -2.42. The molecule has 2 fully saturated rings. The van der Waals surface area contributed by atoms with Gasteiger partial charge in [-0.2, -0.15) is 0 Å². The van der Waals surface area contributed by atoms with E-state index in [9.17, 15) is 9.59 Å². The Kier molecular flexibility index (Phi) is 5.53. The normalized spacial score (nSPS) is 22.7. The van der Waals surface area contributed by atoms with E-state index < -0.39 is 5.97 Å². The molecule has 1 amide bonds. The fraction of sp³-hybridized carbons (Fsp3) is 0.611. The average Bonchev–Trinajstić information content (AvgIpc) is 3.10. The number of rotatable bonds is 7. The second-order valence-electron chi connectivity index (χ2n) is 6.85. The molecule has 1 saturated carbocycles. The second-order valence-corrected chi connectivity index (χ2v) is 6.85. The Hall–Kier alpha value is -2.15. The molecule has 0 aromatic carbocycles. The van der Waals surface area contributed by atoms with Crippen LogP contribution in [0.5, 0.6) is 0 Å². The lowest BCUT2D eigenvalue weighted by Crippen LogP contribution is -2.54. The van der Waals surface area contributed by atoms with Crippen molar-refractivity contribution in [3.63, 3.8) is 0 Å². The number of carbonyl (C=O) groups is 2. The molecule has 0 bridgehead atoms. The first-order valence-electron chi connectivity index (χ1n) is 9.04. The summed E-state index contributed by atoms with van der Waals surface area (Å²) in [5.41, 5.74) is 0.573. The van der Waals surface area contributed by atoms with Gasteiger partial charge in [-0.15, -0.1) is 0 Å². The fourth-order valence-corrected chi connectivity index (χ4v) is 3.60. The van der Waals surface area contributed by atoms with Crippen molar-refractivity contribution in [3.8, 4) is 0 Å². The Labute approximate surface area is 148 Å². The zero-order chi connectivity index (χ0) is 17.8. The molecule has 2 aliphatic rings. The predicted molar refractivity (Wildman–Crippen MR) is 94.8 cm³/mol. The summed E-state index contributed by atoms with van der Waals surface area (Å²) in [5.74, 6) is 0.0220. The molecular formula is C18H26N4O3. The average molecular weight is 346 g/mol. The monoisotopic (exact) mass is 346 g/mol. The quantitative estimate of drug-likeness (QED) is 0.775. The van der Waals surface area contributed by atoms with Gasteiger partial charge in [0.25, 0.3) is 5.91 Å². The largest absolute Gasteiger partial charge is 0.480 e. The molecule has 0 radical (unpaired) electrons. The van der Waals surface area contributed by atoms with Crippen molar-refractivity contribution in [3.05, 3.63) is 23.9 Å². The van der Waals surface area contributed by atoms with Crippen LogP contribution in [0, 0.1) is 0 Å². The van der Waals surface area contributed by atoms with Crippen molar-refractivity contribution in [2.75, 3.05) is 31.1 Å². The number of nitrogens with zero attached hydrogens (tertiary/aromatic N) is 3. The first-order valence-corrected chi connectivity index (χ1v) is 9.04. The molecule has 25 heavy (non-hydrogen) atoms. The third-order valence-electron chi connectivity index (χ3n) is 5.15. The van der Waals surface area contributed by atoms with Crippen LogP contribution in [0.2, 0.25) is 0 Å². The molecule has 0 atom stereocenters. The minimum absolute atomic E-state index is 0.0592. The van der Waals surface area contributed by atoms with Gasteiger partial charge in [0.1, 0.15) is 5.82 Å². The molecule has 2 heterocycles. The zero-order valence-corrected chi connectivity index (χ0v) is 14.6. The molecule has 1 aliphatic carbocycles. The Morgan fingerprint density at radius 2 is 2.04 bits per heavy atom. The molecule has 1 aromatic rings. The molecule has 136 valence electrons. The summed E-state index contributed by atoms with van der Waals surface area (Å²) >= 11 is 0. The van der Waals surface area contributed by atoms with Crippen molar-refractivity contribution >= 4 is 17.7 Å². The van der Waals surface area contributed by atoms with E-state index in [0.29, 0.717) is 12.1 Å². The van der Waals surface area contributed by atoms with E-state index in [1.807, 2.05) is 24.0 Å². The van der Waals surface area contributed by atoms with E-state index in [-0.39, 0.29) is 24.5 Å². The van der Waals surface area contributed by atoms with Crippen LogP contribution in [-0.2, 0) is 4.79 Å². The van der Waals surface area contributed by atoms with Crippen LogP contribution < -0.4 is 10.2 Å². The molecule has 7 heteroatoms. The second kappa shape index (κ2) is 7.82. The SMILES string of the molecule is CCN(CC(=O)O)C1CC(NC(=O)c2ccc(N3CCCC3)nc2)C1. The van der Waals surface area contributed by atoms with E-state index in [1.54, 1.807) is 6.20 Å². The minimum Gasteiger partial charge on any atom is -0.480 e. The van der Waals surface area contributed by atoms with Gasteiger partial charge in [0, 0.05) is 31.4 Å². The Bertz CT molecular complexity index is 607. The number of anilines is 1. The van der Waals surface area contributed by atoms with Crippen LogP contribution in [0.3, 0.4) is 0 Å². The zero-order valence-electron chi connectivity index (χ0n) is 14.6. The van der Waals surface area contributed by atoms with Gasteiger partial charge in [-0.3, -0.25) is 14.5 Å². The lowest BCUT2D eigenvalue weighted by molar-refractivity contribution is -0.139. The number of carbonyl (C=O) groups excluding carboxylic acids is 1. The van der Waals surface area contributed by atoms with E-state index in [4.69, 9.17) is 5.11 Å². The number of pyridine rings is 1. The number of hydrogen-bond donors (Lipinski definition) is 2. The predicted octanol–water partition coefficient (Wildman–Crippen LogP) is 1.35. The Morgan fingerprint density at radius 1 is 1.32 bits per heavy atom. The highest BCUT2D eigenvalue weighted by atomic mass is 16.4. The summed E-state index contributed by atoms with van der Waals surface area (Å²) in [4.78, 5) is 31.8. The number of likely N-dealkylation sites (N-methyl/N-ethyl adjacent to an activating group) is 1. The number of aliphatic carboxylic acids is 1. The van der Waals surface area contributed by atoms with Gasteiger partial charge in [-0.1, -0.05) is 6.92 Å². The molecule has 0 spiro atoms. The van der Waals surface area contributed by atoms with Gasteiger partial charge in [-0.25, -0.2) is 4.98 Å². The highest BCUT2D eigenvalue weighted by Gasteiger charge is 2.34. The Morgan fingerprint density at radius 3 is 2.60 bits per heavy atom. The maximum Gasteiger partial charge on any atom is 0.317 e. The number of carboxylic acids is 1. The summed E-state index contributed by atoms with van der Waals surface area (Å²) in [5, 5.41) is 11.9. The van der Waals surface area contributed by atoms with Gasteiger partial charge < -0.3 is 15.3 Å². The fourth-order valence-electron chi connectivity index (χ4n) is 3.60. The van der Waals surface area contributed by atoms with Crippen LogP contribution in [0.4, 0.5) is 5.82 Å². The van der Waals surface area contributed by atoms with Crippen molar-refractivity contribution in [2.24, 2.45) is 0 Å². The molecule has 1 aromatic heterocycles. The summed E-state index contributed by atoms with van der Waals surface area (Å²) in [6.45, 7) is 4.80. The van der Waals surface area contributed by atoms with E-state index in [2.05, 4.69) is 15.2 Å². The first kappa shape index (κ1) is 17.7. The molecule has 2 N–H and O–H groups in total. The van der Waals surface area contributed by atoms with E-state index >= 15 is 0 Å². The van der Waals surface area contributed by atoms with Crippen molar-refractivity contribution in [2.45, 2.75) is 44.7 Å². The van der Waals surface area contributed by atoms with Crippen LogP contribution in [-0.4, -0.2) is 65.1 Å². The van der Waals surface area contributed by atoms with E-state index in [0.717, 1.165) is 31.7 Å². The number of aromatic nitrogens is 1. The van der Waals surface area contributed by atoms with Gasteiger partial charge in [0.15, 0.2) is 0 Å². The summed E-state index contributed by atoms with van der Waals surface area (Å²) in [7, 11) is 0. The number of carboxylic acid groups (broad SMARTS) is 1. The summed E-state index contributed by atoms with van der Waals surface area (Å²) in [6, 6.07) is 4.09. The summed E-state index contributed by atoms with van der Waals surface area (Å²) in [6.07, 6.45) is 5.63. The maximum absolute atomic E-state index is 12.3. The molecule has 1 aliphatic heterocycles. The highest BCUT2D eigenvalue weighted by molar-refractivity contribution is 5.94. The topological polar surface area (TPSA) is 85.8 Å². The molecule has 7 nitrogen and oxygen atoms in total. The molecule has 1 saturated heterocycles. The lowest BCUT2D eigenvalue weighted by atomic mass is 9.85. The molecule has 0 unspecified atom stereocenters. The van der Waals surface area contributed by atoms with Crippen molar-refractivity contribution in [1.82, 2.24) is 15.2 Å². The standard InChI is InChI=1S/C18H26N4O3/c1-2-21(12-17(23)24)15-9-14(10-15)20-18(25)13-5-6-16(19-11-13)22-7-3-4-8-22/h5-6,11,14-15H,2-4,7-10,12H2,1H3,(H,20,25)(H,23,24). The van der Waals surface area contributed by atoms with E-state index in [1.165, 1.54) is 12.8 Å². The van der Waals surface area contributed by atoms with Gasteiger partial charge in [0.2, 0.25) is 0 Å². The number of nitrogens with one attached hydrogen (secondary N) is 1. The van der Waals surface area contributed by atoms with Crippen LogP contribution in [0.25, 0.3) is 0 Å². The summed E-state index contributed by atoms with van der Waals surface area (Å²) < 4.78 is 0. The van der Waals surface area contributed by atoms with Crippen molar-refractivity contribution < 1.29 is 14.7 Å². The third kappa shape index (κ3) is 4.28. The number of hydrogen-bond acceptors (Lipinski definition) is 5. The van der Waals surface area contributed by atoms with Crippen LogP contribution >= 0.6 is 0 Å². The van der Waals surface area contributed by atoms with Crippen LogP contribution in [0.1, 0.15) is 43.0 Å². The minimum atomic E-state index is -0.807. The van der Waals surface area contributed by atoms with Crippen molar-refractivity contribution in [1.29, 1.82) is 0 Å². The molecule has 3 rings (SSSR count). The number of amides is 1. The maximum atomic E-state index is 12.3. The Balaban J connectivity index is 1.47. The van der Waals surface area contributed by atoms with Gasteiger partial charge in [-0.05, 0) is 44.4 Å². The highest BCUT2D eigenvalue weighted by Crippen LogP contribution is 2.26. The third-order valence-corrected chi connectivity index (χ3v) is 5.15. The molecular weight excluding hydrogens is 320 g/mol. The first-order chi connectivity index (χ1) is 12.1.